The molecule has 1 aromatic carbocycles. The van der Waals surface area contributed by atoms with Crippen LogP contribution in [0.2, 0.25) is 0 Å². The number of H-pyrrole nitrogens is 2. The fourth-order valence-electron chi connectivity index (χ4n) is 2.03. The molecule has 108 valence electrons. The van der Waals surface area contributed by atoms with Crippen LogP contribution in [0.25, 0.3) is 11.0 Å². The molecule has 3 rings (SSSR count). The number of ether oxygens (including phenoxy) is 1. The Balaban J connectivity index is 1.72. The molecule has 7 nitrogen and oxygen atoms in total. The lowest BCUT2D eigenvalue weighted by Crippen LogP contribution is -2.12. The molecule has 0 aliphatic carbocycles. The van der Waals surface area contributed by atoms with Gasteiger partial charge < -0.3 is 10.1 Å². The molecule has 0 radical (unpaired) electrons. The topological polar surface area (TPSA) is 95.7 Å². The summed E-state index contributed by atoms with van der Waals surface area (Å²) in [5.74, 6) is 0.415. The van der Waals surface area contributed by atoms with Crippen molar-refractivity contribution in [2.45, 2.75) is 13.2 Å². The number of anilines is 1. The van der Waals surface area contributed by atoms with Crippen molar-refractivity contribution >= 4 is 17.0 Å². The number of benzene rings is 1. The minimum Gasteiger partial charge on any atom is -0.380 e. The maximum absolute atomic E-state index is 11.8. The molecule has 0 aliphatic rings. The van der Waals surface area contributed by atoms with E-state index in [0.717, 1.165) is 11.1 Å². The highest BCUT2D eigenvalue weighted by molar-refractivity contribution is 5.73. The first-order valence-electron chi connectivity index (χ1n) is 6.50. The molecule has 3 N–H and O–H groups in total. The van der Waals surface area contributed by atoms with Gasteiger partial charge >= 0.3 is 0 Å². The van der Waals surface area contributed by atoms with Gasteiger partial charge in [-0.1, -0.05) is 24.3 Å². The Morgan fingerprint density at radius 3 is 2.76 bits per heavy atom. The van der Waals surface area contributed by atoms with E-state index in [-0.39, 0.29) is 5.56 Å². The van der Waals surface area contributed by atoms with Gasteiger partial charge in [-0.3, -0.25) is 14.9 Å². The summed E-state index contributed by atoms with van der Waals surface area (Å²) in [6, 6.07) is 8.03. The first kappa shape index (κ1) is 13.3. The molecule has 0 saturated carbocycles. The van der Waals surface area contributed by atoms with Gasteiger partial charge in [-0.05, 0) is 11.1 Å². The van der Waals surface area contributed by atoms with E-state index in [2.05, 4.69) is 25.5 Å². The quantitative estimate of drug-likeness (QED) is 0.658. The number of fused-ring (bicyclic) bond motifs is 1. The Kier molecular flexibility index (Phi) is 3.65. The van der Waals surface area contributed by atoms with Crippen LogP contribution in [0.15, 0.2) is 35.3 Å². The number of hydrogen-bond donors (Lipinski definition) is 3. The fourth-order valence-corrected chi connectivity index (χ4v) is 2.03. The molecule has 0 spiro atoms. The number of rotatable bonds is 5. The Morgan fingerprint density at radius 1 is 1.24 bits per heavy atom. The molecule has 0 bridgehead atoms. The lowest BCUT2D eigenvalue weighted by atomic mass is 10.1. The molecular formula is C14H15N5O2. The second-order valence-corrected chi connectivity index (χ2v) is 4.65. The summed E-state index contributed by atoms with van der Waals surface area (Å²) in [6.45, 7) is 1.16. The number of methoxy groups -OCH3 is 1. The molecule has 2 heterocycles. The van der Waals surface area contributed by atoms with Crippen molar-refractivity contribution in [3.8, 4) is 0 Å². The summed E-state index contributed by atoms with van der Waals surface area (Å²) in [5, 5.41) is 10.0. The Hall–Kier alpha value is -2.67. The molecule has 0 atom stereocenters. The van der Waals surface area contributed by atoms with E-state index in [4.69, 9.17) is 4.74 Å². The van der Waals surface area contributed by atoms with Crippen molar-refractivity contribution in [1.82, 2.24) is 20.2 Å². The zero-order valence-electron chi connectivity index (χ0n) is 11.5. The van der Waals surface area contributed by atoms with E-state index in [9.17, 15) is 4.79 Å². The van der Waals surface area contributed by atoms with Crippen LogP contribution in [0.3, 0.4) is 0 Å². The largest absolute Gasteiger partial charge is 0.380 e. The van der Waals surface area contributed by atoms with Crippen molar-refractivity contribution in [1.29, 1.82) is 0 Å². The summed E-state index contributed by atoms with van der Waals surface area (Å²) >= 11 is 0. The molecule has 0 saturated heterocycles. The molecule has 3 aromatic rings. The van der Waals surface area contributed by atoms with Gasteiger partial charge in [-0.2, -0.15) is 10.1 Å². The highest BCUT2D eigenvalue weighted by Gasteiger charge is 2.05. The van der Waals surface area contributed by atoms with Gasteiger partial charge in [0.15, 0.2) is 5.65 Å². The van der Waals surface area contributed by atoms with E-state index in [1.54, 1.807) is 7.11 Å². The van der Waals surface area contributed by atoms with Crippen LogP contribution in [0.4, 0.5) is 5.95 Å². The van der Waals surface area contributed by atoms with Crippen LogP contribution in [-0.4, -0.2) is 27.3 Å². The maximum Gasteiger partial charge on any atom is 0.263 e. The van der Waals surface area contributed by atoms with Gasteiger partial charge in [-0.15, -0.1) is 0 Å². The lowest BCUT2D eigenvalue weighted by molar-refractivity contribution is 0.185. The van der Waals surface area contributed by atoms with Gasteiger partial charge in [0.05, 0.1) is 12.8 Å². The SMILES string of the molecule is COCc1ccc(CNc2nc3[nH]ncc3c(=O)[nH]2)cc1. The summed E-state index contributed by atoms with van der Waals surface area (Å²) < 4.78 is 5.07. The highest BCUT2D eigenvalue weighted by atomic mass is 16.5. The monoisotopic (exact) mass is 285 g/mol. The molecule has 0 fully saturated rings. The average molecular weight is 285 g/mol. The van der Waals surface area contributed by atoms with E-state index in [1.165, 1.54) is 6.20 Å². The Morgan fingerprint density at radius 2 is 2.00 bits per heavy atom. The summed E-state index contributed by atoms with van der Waals surface area (Å²) in [6.07, 6.45) is 1.46. The third-order valence-electron chi connectivity index (χ3n) is 3.11. The van der Waals surface area contributed by atoms with Gasteiger partial charge in [0.25, 0.3) is 5.56 Å². The Bertz CT molecular complexity index is 791. The summed E-state index contributed by atoms with van der Waals surface area (Å²) in [7, 11) is 1.67. The molecular weight excluding hydrogens is 270 g/mol. The first-order valence-corrected chi connectivity index (χ1v) is 6.50. The third-order valence-corrected chi connectivity index (χ3v) is 3.11. The highest BCUT2D eigenvalue weighted by Crippen LogP contribution is 2.08. The number of hydrogen-bond acceptors (Lipinski definition) is 5. The van der Waals surface area contributed by atoms with Gasteiger partial charge in [0.1, 0.15) is 5.39 Å². The minimum absolute atomic E-state index is 0.216. The van der Waals surface area contributed by atoms with Crippen LogP contribution in [0, 0.1) is 0 Å². The van der Waals surface area contributed by atoms with E-state index in [0.29, 0.717) is 30.1 Å². The number of nitrogens with one attached hydrogen (secondary N) is 3. The predicted octanol–water partition coefficient (Wildman–Crippen LogP) is 1.40. The van der Waals surface area contributed by atoms with Crippen molar-refractivity contribution < 1.29 is 4.74 Å². The van der Waals surface area contributed by atoms with Crippen LogP contribution in [-0.2, 0) is 17.9 Å². The third kappa shape index (κ3) is 2.92. The molecule has 0 unspecified atom stereocenters. The lowest BCUT2D eigenvalue weighted by Gasteiger charge is -2.06. The van der Waals surface area contributed by atoms with Crippen molar-refractivity contribution in [3.63, 3.8) is 0 Å². The molecule has 0 amide bonds. The molecule has 21 heavy (non-hydrogen) atoms. The average Bonchev–Trinajstić information content (AvgIpc) is 2.96. The van der Waals surface area contributed by atoms with Gasteiger partial charge in [0.2, 0.25) is 5.95 Å². The smallest absolute Gasteiger partial charge is 0.263 e. The Labute approximate surface area is 120 Å². The zero-order chi connectivity index (χ0) is 14.7. The summed E-state index contributed by atoms with van der Waals surface area (Å²) in [4.78, 5) is 18.7. The molecule has 7 heteroatoms. The van der Waals surface area contributed by atoms with E-state index < -0.39 is 0 Å². The first-order chi connectivity index (χ1) is 10.3. The normalized spacial score (nSPS) is 10.9. The molecule has 2 aromatic heterocycles. The van der Waals surface area contributed by atoms with Crippen molar-refractivity contribution in [2.24, 2.45) is 0 Å². The van der Waals surface area contributed by atoms with Crippen molar-refractivity contribution in [2.75, 3.05) is 12.4 Å². The second-order valence-electron chi connectivity index (χ2n) is 4.65. The van der Waals surface area contributed by atoms with Gasteiger partial charge in [-0.25, -0.2) is 0 Å². The molecule has 0 aliphatic heterocycles. The van der Waals surface area contributed by atoms with E-state index in [1.807, 2.05) is 24.3 Å². The van der Waals surface area contributed by atoms with Crippen LogP contribution >= 0.6 is 0 Å². The van der Waals surface area contributed by atoms with Gasteiger partial charge in [0, 0.05) is 13.7 Å². The second kappa shape index (κ2) is 5.76. The minimum atomic E-state index is -0.216. The van der Waals surface area contributed by atoms with Crippen molar-refractivity contribution in [3.05, 3.63) is 51.9 Å². The van der Waals surface area contributed by atoms with Crippen LogP contribution < -0.4 is 10.9 Å². The van der Waals surface area contributed by atoms with Crippen LogP contribution in [0.5, 0.6) is 0 Å². The summed E-state index contributed by atoms with van der Waals surface area (Å²) in [5.41, 5.74) is 2.46. The van der Waals surface area contributed by atoms with E-state index >= 15 is 0 Å². The zero-order valence-corrected chi connectivity index (χ0v) is 11.5. The predicted molar refractivity (Wildman–Crippen MR) is 79.0 cm³/mol. The van der Waals surface area contributed by atoms with Crippen LogP contribution in [0.1, 0.15) is 11.1 Å². The maximum atomic E-state index is 11.8. The number of nitrogens with zero attached hydrogens (tertiary/aromatic N) is 2. The number of aromatic nitrogens is 4. The number of aromatic amines is 2. The fraction of sp³-hybridized carbons (Fsp3) is 0.214. The standard InChI is InChI=1S/C14H15N5O2/c1-21-8-10-4-2-9(3-5-10)6-15-14-17-12-11(7-16-19-12)13(20)18-14/h2-5,7H,6,8H2,1H3,(H3,15,16,17,18,19,20).